The summed E-state index contributed by atoms with van der Waals surface area (Å²) in [6, 6.07) is 7.18. The third-order valence-electron chi connectivity index (χ3n) is 10.5. The quantitative estimate of drug-likeness (QED) is 0.246. The lowest BCUT2D eigenvalue weighted by Gasteiger charge is -2.39. The third-order valence-corrected chi connectivity index (χ3v) is 10.9. The molecule has 3 aliphatic rings. The molecule has 5 heterocycles. The smallest absolute Gasteiger partial charge is 0.279 e. The van der Waals surface area contributed by atoms with Gasteiger partial charge in [-0.3, -0.25) is 19.4 Å². The number of hydrogen-bond acceptors (Lipinski definition) is 9. The van der Waals surface area contributed by atoms with E-state index in [0.29, 0.717) is 71.6 Å². The van der Waals surface area contributed by atoms with Gasteiger partial charge in [-0.15, -0.1) is 5.10 Å². The summed E-state index contributed by atoms with van der Waals surface area (Å²) in [4.78, 5) is 60.0. The SMILES string of the molecule is Cc1cc(-c2nc3n(CC(=O)Nc4ccc(C5CC5)cc4Cl)c4c(c(=O)n3n2)C2(CCN(C(=O)c3ncnc(C)c3O)CC2)CC4C)c(F)cn1. The van der Waals surface area contributed by atoms with Crippen molar-refractivity contribution in [3.8, 4) is 17.1 Å². The van der Waals surface area contributed by atoms with Crippen LogP contribution >= 0.6 is 11.6 Å². The van der Waals surface area contributed by atoms with Gasteiger partial charge in [-0.2, -0.15) is 9.50 Å². The minimum absolute atomic E-state index is 0.00582. The van der Waals surface area contributed by atoms with E-state index in [1.807, 2.05) is 19.1 Å². The molecule has 262 valence electrons. The molecule has 5 aromatic rings. The molecule has 1 atom stereocenters. The number of aromatic nitrogens is 7. The maximum Gasteiger partial charge on any atom is 0.279 e. The number of fused-ring (bicyclic) bond motifs is 3. The molecule has 2 amide bonds. The monoisotopic (exact) mass is 711 g/mol. The van der Waals surface area contributed by atoms with Crippen LogP contribution < -0.4 is 10.9 Å². The van der Waals surface area contributed by atoms with E-state index in [2.05, 4.69) is 30.4 Å². The number of aromatic hydroxyl groups is 1. The van der Waals surface area contributed by atoms with Crippen LogP contribution in [0.3, 0.4) is 0 Å². The van der Waals surface area contributed by atoms with Gasteiger partial charge in [0.25, 0.3) is 11.5 Å². The number of anilines is 1. The molecule has 2 aliphatic carbocycles. The Morgan fingerprint density at radius 2 is 1.88 bits per heavy atom. The van der Waals surface area contributed by atoms with E-state index < -0.39 is 22.7 Å². The summed E-state index contributed by atoms with van der Waals surface area (Å²) in [5.74, 6) is -1.25. The Morgan fingerprint density at radius 1 is 1.12 bits per heavy atom. The van der Waals surface area contributed by atoms with Gasteiger partial charge in [0.05, 0.1) is 28.2 Å². The molecule has 0 radical (unpaired) electrons. The predicted octanol–water partition coefficient (Wildman–Crippen LogP) is 5.06. The van der Waals surface area contributed by atoms with Gasteiger partial charge in [0.1, 0.15) is 12.9 Å². The van der Waals surface area contributed by atoms with Crippen LogP contribution in [0, 0.1) is 19.7 Å². The number of benzene rings is 1. The van der Waals surface area contributed by atoms with Crippen LogP contribution in [0.1, 0.15) is 89.6 Å². The van der Waals surface area contributed by atoms with E-state index in [9.17, 15) is 19.5 Å². The van der Waals surface area contributed by atoms with E-state index in [1.165, 1.54) is 12.4 Å². The van der Waals surface area contributed by atoms with E-state index in [4.69, 9.17) is 11.6 Å². The van der Waals surface area contributed by atoms with Crippen molar-refractivity contribution in [2.24, 2.45) is 0 Å². The van der Waals surface area contributed by atoms with E-state index in [1.54, 1.807) is 29.4 Å². The lowest BCUT2D eigenvalue weighted by molar-refractivity contribution is -0.116. The minimum atomic E-state index is -0.642. The van der Waals surface area contributed by atoms with E-state index in [0.717, 1.165) is 29.1 Å². The number of hydrogen-bond donors (Lipinski definition) is 2. The van der Waals surface area contributed by atoms with Gasteiger partial charge in [0, 0.05) is 35.5 Å². The molecule has 1 spiro atoms. The number of likely N-dealkylation sites (tertiary alicyclic amines) is 1. The number of piperidine rings is 1. The second-order valence-corrected chi connectivity index (χ2v) is 14.4. The van der Waals surface area contributed by atoms with Crippen molar-refractivity contribution in [2.45, 2.75) is 76.7 Å². The number of pyridine rings is 1. The first-order valence-electron chi connectivity index (χ1n) is 17.0. The number of carbonyl (C=O) groups excluding carboxylic acids is 2. The largest absolute Gasteiger partial charge is 0.504 e. The van der Waals surface area contributed by atoms with Crippen LogP contribution in [0.15, 0.2) is 41.6 Å². The fourth-order valence-corrected chi connectivity index (χ4v) is 8.09. The number of nitrogens with one attached hydrogen (secondary N) is 1. The molecule has 4 aromatic heterocycles. The summed E-state index contributed by atoms with van der Waals surface area (Å²) in [5.41, 5.74) is 2.63. The van der Waals surface area contributed by atoms with Crippen molar-refractivity contribution >= 4 is 34.9 Å². The maximum atomic E-state index is 15.0. The highest BCUT2D eigenvalue weighted by atomic mass is 35.5. The molecule has 1 aromatic carbocycles. The molecule has 51 heavy (non-hydrogen) atoms. The van der Waals surface area contributed by atoms with Gasteiger partial charge in [0.2, 0.25) is 11.7 Å². The lowest BCUT2D eigenvalue weighted by Crippen LogP contribution is -2.46. The van der Waals surface area contributed by atoms with E-state index in [-0.39, 0.29) is 47.0 Å². The fraction of sp³-hybridized carbons (Fsp3) is 0.389. The molecule has 1 aliphatic heterocycles. The minimum Gasteiger partial charge on any atom is -0.504 e. The standard InChI is InChI=1S/C36H35ClFN9O4/c1-18-14-36(8-10-45(11-9-36)34(51)29-31(49)20(3)40-17-41-29)28-30(18)46(16-27(48)42-26-7-6-22(13-24(26)37)21-4-5-21)35-43-32(44-47(35)33(28)50)23-12-19(2)39-15-25(23)38/h6-7,12-13,15,17-18,21,49H,4-5,8-11,14,16H2,1-3H3,(H,42,48). The van der Waals surface area contributed by atoms with Crippen LogP contribution in [0.25, 0.3) is 17.2 Å². The highest BCUT2D eigenvalue weighted by molar-refractivity contribution is 6.33. The van der Waals surface area contributed by atoms with Crippen LogP contribution in [0.4, 0.5) is 10.1 Å². The first-order chi connectivity index (χ1) is 24.4. The zero-order valence-electron chi connectivity index (χ0n) is 28.3. The zero-order valence-corrected chi connectivity index (χ0v) is 29.0. The summed E-state index contributed by atoms with van der Waals surface area (Å²) in [7, 11) is 0. The summed E-state index contributed by atoms with van der Waals surface area (Å²) < 4.78 is 17.9. The van der Waals surface area contributed by atoms with Crippen molar-refractivity contribution < 1.29 is 19.1 Å². The van der Waals surface area contributed by atoms with Gasteiger partial charge in [0.15, 0.2) is 23.1 Å². The van der Waals surface area contributed by atoms with Crippen molar-refractivity contribution in [3.05, 3.63) is 91.9 Å². The van der Waals surface area contributed by atoms with Crippen molar-refractivity contribution in [1.82, 2.24) is 39.0 Å². The fourth-order valence-electron chi connectivity index (χ4n) is 7.85. The predicted molar refractivity (Wildman–Crippen MR) is 186 cm³/mol. The zero-order chi connectivity index (χ0) is 35.8. The van der Waals surface area contributed by atoms with Crippen LogP contribution in [-0.4, -0.2) is 69.0 Å². The third kappa shape index (κ3) is 5.61. The first kappa shape index (κ1) is 32.9. The Kier molecular flexibility index (Phi) is 7.89. The first-order valence-corrected chi connectivity index (χ1v) is 17.4. The number of carbonyl (C=O) groups is 2. The molecule has 15 heteroatoms. The highest BCUT2D eigenvalue weighted by Gasteiger charge is 2.49. The number of halogens is 2. The number of amides is 2. The molecule has 0 bridgehead atoms. The molecule has 2 fully saturated rings. The molecule has 1 saturated carbocycles. The second kappa shape index (κ2) is 12.2. The maximum absolute atomic E-state index is 15.0. The summed E-state index contributed by atoms with van der Waals surface area (Å²) in [6.07, 6.45) is 6.09. The van der Waals surface area contributed by atoms with Crippen molar-refractivity contribution in [1.29, 1.82) is 0 Å². The summed E-state index contributed by atoms with van der Waals surface area (Å²) in [5, 5.41) is 18.3. The average Bonchev–Trinajstić information content (AvgIpc) is 3.79. The molecule has 13 nitrogen and oxygen atoms in total. The molecule has 2 N–H and O–H groups in total. The van der Waals surface area contributed by atoms with Gasteiger partial charge in [-0.25, -0.2) is 14.4 Å². The average molecular weight is 712 g/mol. The Labute approximate surface area is 296 Å². The molecular formula is C36H35ClFN9O4. The Morgan fingerprint density at radius 3 is 2.61 bits per heavy atom. The normalized spacial score (nSPS) is 18.0. The Hall–Kier alpha value is -5.24. The topological polar surface area (TPSA) is 160 Å². The van der Waals surface area contributed by atoms with Gasteiger partial charge >= 0.3 is 0 Å². The molecular weight excluding hydrogens is 677 g/mol. The van der Waals surface area contributed by atoms with E-state index >= 15 is 4.39 Å². The van der Waals surface area contributed by atoms with Gasteiger partial charge < -0.3 is 19.9 Å². The molecule has 1 saturated heterocycles. The van der Waals surface area contributed by atoms with Crippen molar-refractivity contribution in [3.63, 3.8) is 0 Å². The number of aryl methyl sites for hydroxylation is 2. The Bertz CT molecular complexity index is 2330. The molecule has 1 unspecified atom stereocenters. The molecule has 8 rings (SSSR count). The highest BCUT2D eigenvalue weighted by Crippen LogP contribution is 2.50. The summed E-state index contributed by atoms with van der Waals surface area (Å²) >= 11 is 6.59. The summed E-state index contributed by atoms with van der Waals surface area (Å²) in [6.45, 7) is 5.74. The van der Waals surface area contributed by atoms with Crippen LogP contribution in [0.2, 0.25) is 5.02 Å². The second-order valence-electron chi connectivity index (χ2n) is 14.0. The Balaban J connectivity index is 1.19. The number of rotatable bonds is 6. The van der Waals surface area contributed by atoms with Crippen LogP contribution in [0.5, 0.6) is 5.75 Å². The van der Waals surface area contributed by atoms with Gasteiger partial charge in [-0.1, -0.05) is 24.6 Å². The van der Waals surface area contributed by atoms with Crippen LogP contribution in [-0.2, 0) is 16.8 Å². The van der Waals surface area contributed by atoms with Gasteiger partial charge in [-0.05, 0) is 81.5 Å². The van der Waals surface area contributed by atoms with Crippen molar-refractivity contribution in [2.75, 3.05) is 18.4 Å². The number of nitrogens with zero attached hydrogens (tertiary/aromatic N) is 8. The lowest BCUT2D eigenvalue weighted by atomic mass is 9.73.